The van der Waals surface area contributed by atoms with Crippen LogP contribution in [0.25, 0.3) is 0 Å². The van der Waals surface area contributed by atoms with E-state index in [1.165, 1.54) is 19.3 Å². The zero-order valence-corrected chi connectivity index (χ0v) is 12.4. The first-order valence-corrected chi connectivity index (χ1v) is 7.38. The molecular weight excluding hydrogens is 256 g/mol. The van der Waals surface area contributed by atoms with Crippen LogP contribution in [-0.4, -0.2) is 43.7 Å². The lowest BCUT2D eigenvalue weighted by atomic mass is 10.0. The van der Waals surface area contributed by atoms with E-state index in [-0.39, 0.29) is 5.97 Å². The van der Waals surface area contributed by atoms with Gasteiger partial charge in [0.2, 0.25) is 0 Å². The molecule has 0 saturated carbocycles. The summed E-state index contributed by atoms with van der Waals surface area (Å²) in [4.78, 5) is 14.3. The summed E-state index contributed by atoms with van der Waals surface area (Å²) in [6.45, 7) is 4.89. The number of furan rings is 1. The van der Waals surface area contributed by atoms with Gasteiger partial charge < -0.3 is 14.5 Å². The van der Waals surface area contributed by atoms with Crippen molar-refractivity contribution in [1.82, 2.24) is 10.2 Å². The van der Waals surface area contributed by atoms with E-state index in [1.54, 1.807) is 12.3 Å². The largest absolute Gasteiger partial charge is 0.467 e. The first-order chi connectivity index (χ1) is 9.76. The van der Waals surface area contributed by atoms with E-state index in [2.05, 4.69) is 10.2 Å². The number of carbonyl (C=O) groups excluding carboxylic acids is 1. The van der Waals surface area contributed by atoms with Crippen LogP contribution < -0.4 is 5.32 Å². The number of carbonyl (C=O) groups is 1. The van der Waals surface area contributed by atoms with Crippen LogP contribution in [0.4, 0.5) is 0 Å². The predicted octanol–water partition coefficient (Wildman–Crippen LogP) is 2.03. The maximum absolute atomic E-state index is 11.9. The molecule has 2 heterocycles. The molecule has 0 spiro atoms. The van der Waals surface area contributed by atoms with Crippen LogP contribution in [-0.2, 0) is 11.3 Å². The van der Waals surface area contributed by atoms with Gasteiger partial charge >= 0.3 is 5.97 Å². The molecule has 1 N–H and O–H groups in total. The zero-order chi connectivity index (χ0) is 14.4. The molecule has 0 aromatic carbocycles. The number of likely N-dealkylation sites (N-methyl/N-ethyl adjacent to an activating group) is 1. The molecule has 2 rings (SSSR count). The molecule has 1 aromatic rings. The molecule has 20 heavy (non-hydrogen) atoms. The zero-order valence-electron chi connectivity index (χ0n) is 12.4. The minimum atomic E-state index is -0.293. The van der Waals surface area contributed by atoms with E-state index in [1.807, 2.05) is 14.0 Å². The van der Waals surface area contributed by atoms with Crippen LogP contribution in [0, 0.1) is 0 Å². The molecular formula is C15H24N2O3. The third-order valence-electron chi connectivity index (χ3n) is 3.78. The number of likely N-dealkylation sites (tertiary alicyclic amines) is 1. The molecule has 1 aliphatic heterocycles. The molecule has 1 unspecified atom stereocenters. The number of rotatable bonds is 6. The van der Waals surface area contributed by atoms with Crippen molar-refractivity contribution in [2.75, 3.05) is 26.7 Å². The smallest absolute Gasteiger partial charge is 0.341 e. The van der Waals surface area contributed by atoms with Crippen molar-refractivity contribution in [3.8, 4) is 0 Å². The Balaban J connectivity index is 2.04. The van der Waals surface area contributed by atoms with Crippen LogP contribution in [0.1, 0.15) is 42.3 Å². The summed E-state index contributed by atoms with van der Waals surface area (Å²) in [6.07, 6.45) is 5.23. The normalized spacial score (nSPS) is 20.0. The SMILES string of the molecule is CCOC(=O)c1ccoc1CN1CCCCC1CNC. The standard InChI is InChI=1S/C15H24N2O3/c1-3-19-15(18)13-7-9-20-14(13)11-17-8-5-4-6-12(17)10-16-2/h7,9,12,16H,3-6,8,10-11H2,1-2H3. The molecule has 1 atom stereocenters. The second-order valence-electron chi connectivity index (χ2n) is 5.16. The van der Waals surface area contributed by atoms with Crippen LogP contribution in [0.2, 0.25) is 0 Å². The summed E-state index contributed by atoms with van der Waals surface area (Å²) < 4.78 is 10.6. The first-order valence-electron chi connectivity index (χ1n) is 7.38. The van der Waals surface area contributed by atoms with Crippen LogP contribution >= 0.6 is 0 Å². The number of nitrogens with zero attached hydrogens (tertiary/aromatic N) is 1. The summed E-state index contributed by atoms with van der Waals surface area (Å²) in [5, 5.41) is 3.24. The van der Waals surface area contributed by atoms with Gasteiger partial charge in [0.05, 0.1) is 19.4 Å². The van der Waals surface area contributed by atoms with Gasteiger partial charge in [0.25, 0.3) is 0 Å². The summed E-state index contributed by atoms with van der Waals surface area (Å²) in [5.41, 5.74) is 0.556. The van der Waals surface area contributed by atoms with Crippen molar-refractivity contribution in [3.05, 3.63) is 23.7 Å². The van der Waals surface area contributed by atoms with Gasteiger partial charge in [0, 0.05) is 12.6 Å². The van der Waals surface area contributed by atoms with E-state index < -0.39 is 0 Å². The monoisotopic (exact) mass is 280 g/mol. The Morgan fingerprint density at radius 1 is 1.55 bits per heavy atom. The van der Waals surface area contributed by atoms with Crippen molar-refractivity contribution in [3.63, 3.8) is 0 Å². The van der Waals surface area contributed by atoms with Gasteiger partial charge in [-0.3, -0.25) is 4.90 Å². The van der Waals surface area contributed by atoms with E-state index in [0.717, 1.165) is 13.1 Å². The minimum absolute atomic E-state index is 0.293. The topological polar surface area (TPSA) is 54.7 Å². The molecule has 0 radical (unpaired) electrons. The van der Waals surface area contributed by atoms with E-state index >= 15 is 0 Å². The molecule has 0 bridgehead atoms. The summed E-state index contributed by atoms with van der Waals surface area (Å²) in [5.74, 6) is 0.421. The number of ether oxygens (including phenoxy) is 1. The van der Waals surface area contributed by atoms with Gasteiger partial charge in [-0.2, -0.15) is 0 Å². The molecule has 1 aliphatic rings. The van der Waals surface area contributed by atoms with Gasteiger partial charge in [-0.25, -0.2) is 4.79 Å². The highest BCUT2D eigenvalue weighted by Gasteiger charge is 2.25. The number of piperidine rings is 1. The Bertz CT molecular complexity index is 429. The van der Waals surface area contributed by atoms with E-state index in [4.69, 9.17) is 9.15 Å². The van der Waals surface area contributed by atoms with Crippen molar-refractivity contribution >= 4 is 5.97 Å². The quantitative estimate of drug-likeness (QED) is 0.808. The molecule has 1 aromatic heterocycles. The van der Waals surface area contributed by atoms with E-state index in [9.17, 15) is 4.79 Å². The number of nitrogens with one attached hydrogen (secondary N) is 1. The van der Waals surface area contributed by atoms with Crippen LogP contribution in [0.3, 0.4) is 0 Å². The molecule has 1 fully saturated rings. The fourth-order valence-electron chi connectivity index (χ4n) is 2.77. The highest BCUT2D eigenvalue weighted by Crippen LogP contribution is 2.22. The number of hydrogen-bond acceptors (Lipinski definition) is 5. The summed E-state index contributed by atoms with van der Waals surface area (Å²) in [6, 6.07) is 2.21. The van der Waals surface area contributed by atoms with Crippen molar-refractivity contribution in [2.45, 2.75) is 38.8 Å². The first kappa shape index (κ1) is 15.1. The lowest BCUT2D eigenvalue weighted by Crippen LogP contribution is -2.44. The lowest BCUT2D eigenvalue weighted by molar-refractivity contribution is 0.0519. The molecule has 0 amide bonds. The van der Waals surface area contributed by atoms with Gasteiger partial charge in [0.15, 0.2) is 0 Å². The lowest BCUT2D eigenvalue weighted by Gasteiger charge is -2.35. The third kappa shape index (κ3) is 3.61. The van der Waals surface area contributed by atoms with Gasteiger partial charge in [-0.1, -0.05) is 6.42 Å². The fraction of sp³-hybridized carbons (Fsp3) is 0.667. The predicted molar refractivity (Wildman–Crippen MR) is 76.6 cm³/mol. The third-order valence-corrected chi connectivity index (χ3v) is 3.78. The molecule has 1 saturated heterocycles. The summed E-state index contributed by atoms with van der Waals surface area (Å²) >= 11 is 0. The Hall–Kier alpha value is -1.33. The summed E-state index contributed by atoms with van der Waals surface area (Å²) in [7, 11) is 1.98. The highest BCUT2D eigenvalue weighted by molar-refractivity contribution is 5.90. The Morgan fingerprint density at radius 3 is 3.15 bits per heavy atom. The fourth-order valence-corrected chi connectivity index (χ4v) is 2.77. The van der Waals surface area contributed by atoms with Crippen molar-refractivity contribution in [1.29, 1.82) is 0 Å². The second kappa shape index (κ2) is 7.45. The van der Waals surface area contributed by atoms with Gasteiger partial charge in [-0.05, 0) is 39.4 Å². The average molecular weight is 280 g/mol. The number of esters is 1. The molecule has 5 heteroatoms. The van der Waals surface area contributed by atoms with E-state index in [0.29, 0.717) is 30.5 Å². The maximum atomic E-state index is 11.9. The molecule has 5 nitrogen and oxygen atoms in total. The highest BCUT2D eigenvalue weighted by atomic mass is 16.5. The van der Waals surface area contributed by atoms with Crippen molar-refractivity contribution in [2.24, 2.45) is 0 Å². The Labute approximate surface area is 120 Å². The Morgan fingerprint density at radius 2 is 2.40 bits per heavy atom. The Kier molecular flexibility index (Phi) is 5.61. The van der Waals surface area contributed by atoms with Gasteiger partial charge in [0.1, 0.15) is 11.3 Å². The average Bonchev–Trinajstić information content (AvgIpc) is 2.90. The maximum Gasteiger partial charge on any atom is 0.341 e. The van der Waals surface area contributed by atoms with Crippen molar-refractivity contribution < 1.29 is 13.9 Å². The van der Waals surface area contributed by atoms with Crippen LogP contribution in [0.15, 0.2) is 16.7 Å². The van der Waals surface area contributed by atoms with Gasteiger partial charge in [-0.15, -0.1) is 0 Å². The second-order valence-corrected chi connectivity index (χ2v) is 5.16. The van der Waals surface area contributed by atoms with Crippen LogP contribution in [0.5, 0.6) is 0 Å². The number of hydrogen-bond donors (Lipinski definition) is 1. The minimum Gasteiger partial charge on any atom is -0.467 e. The molecule has 112 valence electrons. The molecule has 0 aliphatic carbocycles.